The molecule has 1 aromatic heterocycles. The molecule has 0 aromatic carbocycles. The molecule has 1 N–H and O–H groups in total. The van der Waals surface area contributed by atoms with E-state index >= 15 is 0 Å². The molecule has 0 saturated carbocycles. The summed E-state index contributed by atoms with van der Waals surface area (Å²) >= 11 is 3.41. The second-order valence-corrected chi connectivity index (χ2v) is 6.75. The van der Waals surface area contributed by atoms with Crippen LogP contribution in [0.1, 0.15) is 30.4 Å². The standard InChI is InChI=1S/C15H23BrN4O2/c1-11(2)20-9-12(16)8-13(20)15(22)18(3)10-14(21)19-6-4-17-5-7-19/h8-9,11,17H,4-7,10H2,1-3H3. The molecule has 0 radical (unpaired) electrons. The van der Waals surface area contributed by atoms with Gasteiger partial charge in [-0.15, -0.1) is 0 Å². The number of nitrogens with one attached hydrogen (secondary N) is 1. The predicted molar refractivity (Wildman–Crippen MR) is 88.9 cm³/mol. The number of halogens is 1. The number of nitrogens with zero attached hydrogens (tertiary/aromatic N) is 3. The average Bonchev–Trinajstić information content (AvgIpc) is 2.89. The summed E-state index contributed by atoms with van der Waals surface area (Å²) < 4.78 is 2.78. The highest BCUT2D eigenvalue weighted by atomic mass is 79.9. The molecular weight excluding hydrogens is 348 g/mol. The summed E-state index contributed by atoms with van der Waals surface area (Å²) in [5.41, 5.74) is 0.595. The molecule has 2 amide bonds. The number of carbonyl (C=O) groups excluding carboxylic acids is 2. The smallest absolute Gasteiger partial charge is 0.270 e. The summed E-state index contributed by atoms with van der Waals surface area (Å²) in [5, 5.41) is 3.21. The summed E-state index contributed by atoms with van der Waals surface area (Å²) in [6.07, 6.45) is 1.89. The molecule has 1 saturated heterocycles. The molecule has 1 aliphatic rings. The van der Waals surface area contributed by atoms with E-state index in [9.17, 15) is 9.59 Å². The van der Waals surface area contributed by atoms with Gasteiger partial charge in [0.15, 0.2) is 0 Å². The summed E-state index contributed by atoms with van der Waals surface area (Å²) in [6, 6.07) is 1.98. The fourth-order valence-corrected chi connectivity index (χ4v) is 2.97. The molecule has 6 nitrogen and oxygen atoms in total. The summed E-state index contributed by atoms with van der Waals surface area (Å²) in [6.45, 7) is 7.19. The molecule has 0 unspecified atom stereocenters. The summed E-state index contributed by atoms with van der Waals surface area (Å²) in [7, 11) is 1.67. The van der Waals surface area contributed by atoms with Crippen LogP contribution in [-0.4, -0.2) is 66.0 Å². The van der Waals surface area contributed by atoms with E-state index in [1.54, 1.807) is 18.0 Å². The molecule has 22 heavy (non-hydrogen) atoms. The van der Waals surface area contributed by atoms with Crippen molar-refractivity contribution in [3.63, 3.8) is 0 Å². The molecule has 2 heterocycles. The third kappa shape index (κ3) is 3.89. The maximum Gasteiger partial charge on any atom is 0.270 e. The van der Waals surface area contributed by atoms with Crippen LogP contribution in [0.15, 0.2) is 16.7 Å². The lowest BCUT2D eigenvalue weighted by Gasteiger charge is -2.29. The van der Waals surface area contributed by atoms with Gasteiger partial charge in [-0.2, -0.15) is 0 Å². The van der Waals surface area contributed by atoms with Crippen LogP contribution in [-0.2, 0) is 4.79 Å². The minimum absolute atomic E-state index is 0.000862. The van der Waals surface area contributed by atoms with Gasteiger partial charge in [0.2, 0.25) is 5.91 Å². The molecule has 122 valence electrons. The third-order valence-corrected chi connectivity index (χ3v) is 4.21. The normalized spacial score (nSPS) is 15.2. The molecule has 0 bridgehead atoms. The number of aromatic nitrogens is 1. The number of likely N-dealkylation sites (N-methyl/N-ethyl adjacent to an activating group) is 1. The molecule has 7 heteroatoms. The molecule has 1 aliphatic heterocycles. The van der Waals surface area contributed by atoms with Gasteiger partial charge in [0.25, 0.3) is 5.91 Å². The van der Waals surface area contributed by atoms with E-state index in [0.29, 0.717) is 18.8 Å². The van der Waals surface area contributed by atoms with Gasteiger partial charge in [-0.1, -0.05) is 0 Å². The Bertz CT molecular complexity index is 550. The number of carbonyl (C=O) groups is 2. The zero-order valence-electron chi connectivity index (χ0n) is 13.3. The number of hydrogen-bond donors (Lipinski definition) is 1. The zero-order chi connectivity index (χ0) is 16.3. The Morgan fingerprint density at radius 1 is 1.36 bits per heavy atom. The third-order valence-electron chi connectivity index (χ3n) is 3.78. The molecule has 1 aromatic rings. The van der Waals surface area contributed by atoms with Gasteiger partial charge in [0.1, 0.15) is 5.69 Å². The molecular formula is C15H23BrN4O2. The van der Waals surface area contributed by atoms with E-state index in [-0.39, 0.29) is 24.4 Å². The molecule has 0 aliphatic carbocycles. The van der Waals surface area contributed by atoms with E-state index < -0.39 is 0 Å². The first-order valence-corrected chi connectivity index (χ1v) is 8.30. The fourth-order valence-electron chi connectivity index (χ4n) is 2.53. The lowest BCUT2D eigenvalue weighted by molar-refractivity contribution is -0.132. The molecule has 0 atom stereocenters. The Hall–Kier alpha value is -1.34. The van der Waals surface area contributed by atoms with Crippen LogP contribution in [0.2, 0.25) is 0 Å². The fraction of sp³-hybridized carbons (Fsp3) is 0.600. The van der Waals surface area contributed by atoms with E-state index in [1.165, 1.54) is 4.90 Å². The number of hydrogen-bond acceptors (Lipinski definition) is 3. The number of amides is 2. The van der Waals surface area contributed by atoms with Crippen LogP contribution in [0.4, 0.5) is 0 Å². The van der Waals surface area contributed by atoms with E-state index in [2.05, 4.69) is 21.2 Å². The molecule has 0 spiro atoms. The van der Waals surface area contributed by atoms with Crippen LogP contribution in [0.25, 0.3) is 0 Å². The number of rotatable bonds is 4. The highest BCUT2D eigenvalue weighted by Crippen LogP contribution is 2.20. The van der Waals surface area contributed by atoms with Gasteiger partial charge < -0.3 is 19.7 Å². The van der Waals surface area contributed by atoms with Crippen molar-refractivity contribution in [3.05, 3.63) is 22.4 Å². The van der Waals surface area contributed by atoms with E-state index in [1.807, 2.05) is 24.6 Å². The van der Waals surface area contributed by atoms with Crippen molar-refractivity contribution in [3.8, 4) is 0 Å². The first-order valence-electron chi connectivity index (χ1n) is 7.51. The van der Waals surface area contributed by atoms with Gasteiger partial charge in [0.05, 0.1) is 6.54 Å². The van der Waals surface area contributed by atoms with Gasteiger partial charge in [-0.05, 0) is 35.8 Å². The van der Waals surface area contributed by atoms with Crippen molar-refractivity contribution < 1.29 is 9.59 Å². The minimum atomic E-state index is -0.136. The lowest BCUT2D eigenvalue weighted by atomic mass is 10.3. The largest absolute Gasteiger partial charge is 0.340 e. The zero-order valence-corrected chi connectivity index (χ0v) is 14.9. The van der Waals surface area contributed by atoms with Crippen LogP contribution in [0.5, 0.6) is 0 Å². The average molecular weight is 371 g/mol. The van der Waals surface area contributed by atoms with Gasteiger partial charge >= 0.3 is 0 Å². The molecule has 2 rings (SSSR count). The van der Waals surface area contributed by atoms with Gasteiger partial charge in [-0.3, -0.25) is 9.59 Å². The maximum atomic E-state index is 12.6. The Labute approximate surface area is 139 Å². The monoisotopic (exact) mass is 370 g/mol. The van der Waals surface area contributed by atoms with E-state index in [0.717, 1.165) is 17.6 Å². The van der Waals surface area contributed by atoms with Crippen molar-refractivity contribution in [1.29, 1.82) is 0 Å². The predicted octanol–water partition coefficient (Wildman–Crippen LogP) is 1.34. The second-order valence-electron chi connectivity index (χ2n) is 5.84. The quantitative estimate of drug-likeness (QED) is 0.869. The van der Waals surface area contributed by atoms with Crippen LogP contribution in [0.3, 0.4) is 0 Å². The lowest BCUT2D eigenvalue weighted by Crippen LogP contribution is -2.49. The van der Waals surface area contributed by atoms with Crippen LogP contribution < -0.4 is 5.32 Å². The maximum absolute atomic E-state index is 12.6. The van der Waals surface area contributed by atoms with Crippen molar-refractivity contribution >= 4 is 27.7 Å². The second kappa shape index (κ2) is 7.28. The molecule has 1 fully saturated rings. The highest BCUT2D eigenvalue weighted by molar-refractivity contribution is 9.10. The van der Waals surface area contributed by atoms with E-state index in [4.69, 9.17) is 0 Å². The first kappa shape index (κ1) is 17.0. The van der Waals surface area contributed by atoms with Crippen molar-refractivity contribution in [2.45, 2.75) is 19.9 Å². The van der Waals surface area contributed by atoms with Gasteiger partial charge in [0, 0.05) is 49.9 Å². The number of piperazine rings is 1. The first-order chi connectivity index (χ1) is 10.4. The summed E-state index contributed by atoms with van der Waals surface area (Å²) in [5.74, 6) is -0.137. The van der Waals surface area contributed by atoms with Crippen molar-refractivity contribution in [1.82, 2.24) is 19.7 Å². The topological polar surface area (TPSA) is 57.6 Å². The van der Waals surface area contributed by atoms with Crippen molar-refractivity contribution in [2.24, 2.45) is 0 Å². The highest BCUT2D eigenvalue weighted by Gasteiger charge is 2.23. The SMILES string of the molecule is CC(C)n1cc(Br)cc1C(=O)N(C)CC(=O)N1CCNCC1. The Morgan fingerprint density at radius 2 is 2.00 bits per heavy atom. The minimum Gasteiger partial charge on any atom is -0.340 e. The van der Waals surface area contributed by atoms with Gasteiger partial charge in [-0.25, -0.2) is 0 Å². The van der Waals surface area contributed by atoms with Crippen LogP contribution in [0, 0.1) is 0 Å². The Balaban J connectivity index is 2.04. The Morgan fingerprint density at radius 3 is 2.59 bits per heavy atom. The summed E-state index contributed by atoms with van der Waals surface area (Å²) in [4.78, 5) is 28.2. The Kier molecular flexibility index (Phi) is 5.63. The van der Waals surface area contributed by atoms with Crippen molar-refractivity contribution in [2.75, 3.05) is 39.8 Å². The van der Waals surface area contributed by atoms with Crippen LogP contribution >= 0.6 is 15.9 Å².